The van der Waals surface area contributed by atoms with E-state index in [2.05, 4.69) is 15.3 Å². The predicted molar refractivity (Wildman–Crippen MR) is 124 cm³/mol. The molecule has 1 saturated heterocycles. The highest BCUT2D eigenvalue weighted by atomic mass is 19.1. The summed E-state index contributed by atoms with van der Waals surface area (Å²) in [6.45, 7) is 3.64. The average molecular weight is 479 g/mol. The summed E-state index contributed by atoms with van der Waals surface area (Å²) in [7, 11) is 1.75. The highest BCUT2D eigenvalue weighted by Crippen LogP contribution is 2.25. The van der Waals surface area contributed by atoms with Gasteiger partial charge in [0.1, 0.15) is 18.1 Å². The number of amides is 2. The lowest BCUT2D eigenvalue weighted by Crippen LogP contribution is -2.46. The van der Waals surface area contributed by atoms with Gasteiger partial charge >= 0.3 is 0 Å². The van der Waals surface area contributed by atoms with Crippen molar-refractivity contribution >= 4 is 11.8 Å². The molecule has 0 N–H and O–H groups in total. The van der Waals surface area contributed by atoms with Crippen molar-refractivity contribution < 1.29 is 18.7 Å². The van der Waals surface area contributed by atoms with Gasteiger partial charge < -0.3 is 14.5 Å². The highest BCUT2D eigenvalue weighted by Gasteiger charge is 2.32. The number of benzene rings is 1. The van der Waals surface area contributed by atoms with Crippen molar-refractivity contribution in [1.82, 2.24) is 29.8 Å². The molecule has 0 radical (unpaired) electrons. The molecule has 0 aliphatic carbocycles. The smallest absolute Gasteiger partial charge is 0.227 e. The summed E-state index contributed by atoms with van der Waals surface area (Å²) in [6, 6.07) is 9.79. The molecule has 9 nitrogen and oxygen atoms in total. The van der Waals surface area contributed by atoms with Crippen molar-refractivity contribution in [1.29, 1.82) is 0 Å². The zero-order valence-electron chi connectivity index (χ0n) is 19.8. The van der Waals surface area contributed by atoms with Crippen LogP contribution in [0.3, 0.4) is 0 Å². The quantitative estimate of drug-likeness (QED) is 0.559. The summed E-state index contributed by atoms with van der Waals surface area (Å²) in [5.41, 5.74) is 4.10. The molecule has 2 aliphatic heterocycles. The lowest BCUT2D eigenvalue weighted by Gasteiger charge is -2.35. The van der Waals surface area contributed by atoms with Gasteiger partial charge in [-0.2, -0.15) is 0 Å². The van der Waals surface area contributed by atoms with Crippen molar-refractivity contribution in [2.45, 2.75) is 39.3 Å². The van der Waals surface area contributed by atoms with Crippen molar-refractivity contribution in [2.75, 3.05) is 20.1 Å². The van der Waals surface area contributed by atoms with E-state index in [-0.39, 0.29) is 30.2 Å². The first-order chi connectivity index (χ1) is 16.9. The third kappa shape index (κ3) is 4.73. The minimum absolute atomic E-state index is 0.0986. The van der Waals surface area contributed by atoms with Crippen LogP contribution in [0.4, 0.5) is 4.39 Å². The first kappa shape index (κ1) is 22.9. The van der Waals surface area contributed by atoms with Crippen LogP contribution in [-0.4, -0.2) is 61.7 Å². The lowest BCUT2D eigenvalue weighted by molar-refractivity contribution is -0.142. The number of likely N-dealkylation sites (tertiary alicyclic amines) is 1. The molecule has 3 aromatic rings. The minimum atomic E-state index is -0.317. The molecular formula is C25H27FN6O3. The maximum atomic E-state index is 13.3. The Balaban J connectivity index is 1.24. The summed E-state index contributed by atoms with van der Waals surface area (Å²) >= 11 is 0. The average Bonchev–Trinajstić information content (AvgIpc) is 3.24. The fourth-order valence-electron chi connectivity index (χ4n) is 4.61. The number of hydrogen-bond acceptors (Lipinski definition) is 6. The molecule has 182 valence electrons. The molecule has 2 aromatic heterocycles. The van der Waals surface area contributed by atoms with Crippen molar-refractivity contribution in [3.63, 3.8) is 0 Å². The number of halogens is 1. The monoisotopic (exact) mass is 478 g/mol. The largest absolute Gasteiger partial charge is 0.471 e. The van der Waals surface area contributed by atoms with E-state index in [1.54, 1.807) is 34.8 Å². The minimum Gasteiger partial charge on any atom is -0.471 e. The third-order valence-corrected chi connectivity index (χ3v) is 6.70. The van der Waals surface area contributed by atoms with E-state index in [0.717, 1.165) is 22.6 Å². The predicted octanol–water partition coefficient (Wildman–Crippen LogP) is 2.44. The second-order valence-corrected chi connectivity index (χ2v) is 9.07. The van der Waals surface area contributed by atoms with Gasteiger partial charge in [0.25, 0.3) is 0 Å². The van der Waals surface area contributed by atoms with Gasteiger partial charge in [0.2, 0.25) is 17.7 Å². The molecule has 2 amide bonds. The number of nitrogens with zero attached hydrogens (tertiary/aromatic N) is 6. The number of aryl methyl sites for hydroxylation is 1. The standard InChI is InChI=1S/C25H27FN6O3/c1-16-22(32(29-28-16)20-7-5-19(26)6-8-20)15-35-23-9-3-17-14-31(12-11-21(17)27-23)25(34)18-4-10-24(33)30(2)13-18/h3,5-9,18H,4,10-15H2,1-2H3. The van der Waals surface area contributed by atoms with Crippen LogP contribution in [0.5, 0.6) is 5.88 Å². The summed E-state index contributed by atoms with van der Waals surface area (Å²) in [5, 5.41) is 8.28. The molecule has 1 atom stereocenters. The molecular weight excluding hydrogens is 451 g/mol. The molecule has 0 spiro atoms. The number of fused-ring (bicyclic) bond motifs is 1. The molecule has 10 heteroatoms. The van der Waals surface area contributed by atoms with Crippen LogP contribution >= 0.6 is 0 Å². The summed E-state index contributed by atoms with van der Waals surface area (Å²) in [5.74, 6) is 0.233. The van der Waals surface area contributed by atoms with Gasteiger partial charge in [-0.1, -0.05) is 11.3 Å². The van der Waals surface area contributed by atoms with Crippen molar-refractivity contribution in [3.05, 3.63) is 64.9 Å². The third-order valence-electron chi connectivity index (χ3n) is 6.70. The second-order valence-electron chi connectivity index (χ2n) is 9.07. The highest BCUT2D eigenvalue weighted by molar-refractivity contribution is 5.84. The Kier molecular flexibility index (Phi) is 6.19. The Morgan fingerprint density at radius 1 is 1.17 bits per heavy atom. The number of aromatic nitrogens is 4. The van der Waals surface area contributed by atoms with Crippen LogP contribution < -0.4 is 4.74 Å². The number of ether oxygens (including phenoxy) is 1. The maximum absolute atomic E-state index is 13.3. The van der Waals surface area contributed by atoms with Crippen LogP contribution in [0.1, 0.15) is 35.5 Å². The fourth-order valence-corrected chi connectivity index (χ4v) is 4.61. The summed E-state index contributed by atoms with van der Waals surface area (Å²) < 4.78 is 20.9. The van der Waals surface area contributed by atoms with Gasteiger partial charge in [-0.25, -0.2) is 14.1 Å². The van der Waals surface area contributed by atoms with Crippen LogP contribution in [0, 0.1) is 18.7 Å². The maximum Gasteiger partial charge on any atom is 0.227 e. The van der Waals surface area contributed by atoms with E-state index in [1.807, 2.05) is 17.9 Å². The molecule has 4 heterocycles. The van der Waals surface area contributed by atoms with E-state index < -0.39 is 0 Å². The SMILES string of the molecule is Cc1nnn(-c2ccc(F)cc2)c1COc1ccc2c(n1)CCN(C(=O)C1CCC(=O)N(C)C1)C2. The first-order valence-corrected chi connectivity index (χ1v) is 11.7. The zero-order chi connectivity index (χ0) is 24.5. The van der Waals surface area contributed by atoms with Crippen molar-refractivity contribution in [2.24, 2.45) is 5.92 Å². The number of pyridine rings is 1. The normalized spacial score (nSPS) is 17.9. The number of carbonyl (C=O) groups is 2. The van der Waals surface area contributed by atoms with Gasteiger partial charge in [-0.15, -0.1) is 5.10 Å². The molecule has 0 saturated carbocycles. The lowest BCUT2D eigenvalue weighted by atomic mass is 9.95. The Morgan fingerprint density at radius 2 is 1.97 bits per heavy atom. The van der Waals surface area contributed by atoms with Crippen LogP contribution in [0.2, 0.25) is 0 Å². The summed E-state index contributed by atoms with van der Waals surface area (Å²) in [6.07, 6.45) is 1.68. The van der Waals surface area contributed by atoms with E-state index in [1.165, 1.54) is 12.1 Å². The molecule has 5 rings (SSSR count). The number of rotatable bonds is 5. The van der Waals surface area contributed by atoms with E-state index in [4.69, 9.17) is 4.74 Å². The molecule has 35 heavy (non-hydrogen) atoms. The van der Waals surface area contributed by atoms with Gasteiger partial charge in [-0.3, -0.25) is 9.59 Å². The zero-order valence-corrected chi connectivity index (χ0v) is 19.8. The number of piperidine rings is 1. The van der Waals surface area contributed by atoms with Crippen LogP contribution in [0.25, 0.3) is 5.69 Å². The van der Waals surface area contributed by atoms with Crippen LogP contribution in [-0.2, 0) is 29.2 Å². The second kappa shape index (κ2) is 9.44. The fraction of sp³-hybridized carbons (Fsp3) is 0.400. The Morgan fingerprint density at radius 3 is 2.74 bits per heavy atom. The Labute approximate surface area is 202 Å². The molecule has 1 aromatic carbocycles. The first-order valence-electron chi connectivity index (χ1n) is 11.7. The van der Waals surface area contributed by atoms with E-state index in [9.17, 15) is 14.0 Å². The van der Waals surface area contributed by atoms with E-state index >= 15 is 0 Å². The summed E-state index contributed by atoms with van der Waals surface area (Å²) in [4.78, 5) is 33.0. The Bertz CT molecular complexity index is 1260. The number of carbonyl (C=O) groups excluding carboxylic acids is 2. The van der Waals surface area contributed by atoms with Gasteiger partial charge in [0, 0.05) is 45.6 Å². The van der Waals surface area contributed by atoms with E-state index in [0.29, 0.717) is 50.5 Å². The molecule has 1 unspecified atom stereocenters. The molecule has 1 fully saturated rings. The van der Waals surface area contributed by atoms with Crippen molar-refractivity contribution in [3.8, 4) is 11.6 Å². The number of hydrogen-bond donors (Lipinski definition) is 0. The van der Waals surface area contributed by atoms with Gasteiger partial charge in [0.15, 0.2) is 0 Å². The Hall–Kier alpha value is -3.82. The molecule has 2 aliphatic rings. The van der Waals surface area contributed by atoms with Gasteiger partial charge in [0.05, 0.1) is 23.0 Å². The van der Waals surface area contributed by atoms with Gasteiger partial charge in [-0.05, 0) is 43.2 Å². The topological polar surface area (TPSA) is 93.5 Å². The molecule has 0 bridgehead atoms. The van der Waals surface area contributed by atoms with Crippen LogP contribution in [0.15, 0.2) is 36.4 Å².